The fraction of sp³-hybridized carbons (Fsp3) is 0.615. The van der Waals surface area contributed by atoms with E-state index in [0.717, 1.165) is 24.1 Å². The van der Waals surface area contributed by atoms with Gasteiger partial charge in [-0.2, -0.15) is 4.40 Å². The van der Waals surface area contributed by atoms with Crippen molar-refractivity contribution in [2.24, 2.45) is 10.3 Å². The lowest BCUT2D eigenvalue weighted by molar-refractivity contribution is 0.254. The molecule has 5 heteroatoms. The van der Waals surface area contributed by atoms with E-state index in [0.29, 0.717) is 0 Å². The average molecular weight is 285 g/mol. The number of thiophene rings is 1. The van der Waals surface area contributed by atoms with Crippen LogP contribution in [0, 0.1) is 5.92 Å². The highest BCUT2D eigenvalue weighted by Gasteiger charge is 2.28. The number of aryl methyl sites for hydroxylation is 1. The van der Waals surface area contributed by atoms with Crippen molar-refractivity contribution in [3.63, 3.8) is 0 Å². The summed E-state index contributed by atoms with van der Waals surface area (Å²) in [5.74, 6) is 0.0263. The normalized spacial score (nSPS) is 24.0. The Morgan fingerprint density at radius 3 is 2.89 bits per heavy atom. The standard InChI is InChI=1S/C13H19NO2S2/c1-13(2,3)18(16)14-12-9(8-15)4-5-11-10(12)6-7-17-11/h6-7,9,15H,4-5,8H2,1-3H3/b14-12+/t9-,18-/m0/s1. The first-order chi connectivity index (χ1) is 8.43. The molecule has 0 spiro atoms. The van der Waals surface area contributed by atoms with Crippen LogP contribution < -0.4 is 0 Å². The van der Waals surface area contributed by atoms with Crippen molar-refractivity contribution in [3.05, 3.63) is 21.9 Å². The molecule has 0 fully saturated rings. The van der Waals surface area contributed by atoms with Gasteiger partial charge in [-0.3, -0.25) is 0 Å². The van der Waals surface area contributed by atoms with Gasteiger partial charge in [-0.15, -0.1) is 11.3 Å². The third kappa shape index (κ3) is 2.73. The van der Waals surface area contributed by atoms with Gasteiger partial charge >= 0.3 is 0 Å². The number of fused-ring (bicyclic) bond motifs is 1. The van der Waals surface area contributed by atoms with Crippen LogP contribution in [0.4, 0.5) is 0 Å². The summed E-state index contributed by atoms with van der Waals surface area (Å²) in [6.07, 6.45) is 1.88. The fourth-order valence-corrected chi connectivity index (χ4v) is 3.56. The molecule has 0 unspecified atom stereocenters. The van der Waals surface area contributed by atoms with Crippen LogP contribution in [0.25, 0.3) is 0 Å². The van der Waals surface area contributed by atoms with Gasteiger partial charge in [0.15, 0.2) is 0 Å². The van der Waals surface area contributed by atoms with Gasteiger partial charge in [0.2, 0.25) is 0 Å². The van der Waals surface area contributed by atoms with Crippen LogP contribution in [-0.2, 0) is 17.4 Å². The van der Waals surface area contributed by atoms with Crippen molar-refractivity contribution in [1.82, 2.24) is 0 Å². The summed E-state index contributed by atoms with van der Waals surface area (Å²) in [5, 5.41) is 11.5. The van der Waals surface area contributed by atoms with Crippen molar-refractivity contribution < 1.29 is 9.32 Å². The lowest BCUT2D eigenvalue weighted by Gasteiger charge is -2.24. The predicted molar refractivity (Wildman–Crippen MR) is 77.6 cm³/mol. The first-order valence-corrected chi connectivity index (χ1v) is 8.10. The molecule has 1 N–H and O–H groups in total. The van der Waals surface area contributed by atoms with Crippen molar-refractivity contribution in [1.29, 1.82) is 0 Å². The quantitative estimate of drug-likeness (QED) is 0.908. The van der Waals surface area contributed by atoms with Crippen LogP contribution in [0.5, 0.6) is 0 Å². The lowest BCUT2D eigenvalue weighted by atomic mass is 9.87. The third-order valence-corrected chi connectivity index (χ3v) is 5.44. The average Bonchev–Trinajstić information content (AvgIpc) is 2.76. The van der Waals surface area contributed by atoms with Gasteiger partial charge in [-0.1, -0.05) is 0 Å². The Balaban J connectivity index is 2.41. The van der Waals surface area contributed by atoms with Crippen molar-refractivity contribution in [2.75, 3.05) is 6.61 Å². The Hall–Kier alpha value is -0.520. The SMILES string of the molecule is CC(C)(C)[S@](=O)/N=C1/c2ccsc2CC[C@H]1CO. The van der Waals surface area contributed by atoms with Gasteiger partial charge in [0.25, 0.3) is 0 Å². The van der Waals surface area contributed by atoms with E-state index < -0.39 is 11.0 Å². The van der Waals surface area contributed by atoms with E-state index in [2.05, 4.69) is 4.40 Å². The number of hydrogen-bond acceptors (Lipinski definition) is 3. The zero-order chi connectivity index (χ0) is 13.3. The number of aliphatic hydroxyl groups is 1. The first-order valence-electron chi connectivity index (χ1n) is 6.11. The molecule has 0 bridgehead atoms. The summed E-state index contributed by atoms with van der Waals surface area (Å²) < 4.78 is 16.2. The van der Waals surface area contributed by atoms with Crippen molar-refractivity contribution in [2.45, 2.75) is 38.4 Å². The molecule has 0 radical (unpaired) electrons. The first kappa shape index (κ1) is 13.9. The summed E-state index contributed by atoms with van der Waals surface area (Å²) >= 11 is 1.71. The van der Waals surface area contributed by atoms with Gasteiger partial charge in [0.05, 0.1) is 17.1 Å². The minimum Gasteiger partial charge on any atom is -0.396 e. The topological polar surface area (TPSA) is 49.7 Å². The molecule has 0 saturated heterocycles. The molecular weight excluding hydrogens is 266 g/mol. The van der Waals surface area contributed by atoms with Crippen LogP contribution in [0.2, 0.25) is 0 Å². The van der Waals surface area contributed by atoms with Gasteiger partial charge < -0.3 is 5.11 Å². The van der Waals surface area contributed by atoms with E-state index in [9.17, 15) is 9.32 Å². The molecule has 1 aliphatic carbocycles. The molecule has 0 saturated carbocycles. The summed E-state index contributed by atoms with van der Waals surface area (Å²) in [7, 11) is -1.27. The van der Waals surface area contributed by atoms with Crippen LogP contribution in [0.1, 0.15) is 37.6 Å². The molecule has 0 aromatic carbocycles. The van der Waals surface area contributed by atoms with E-state index in [1.807, 2.05) is 32.2 Å². The highest BCUT2D eigenvalue weighted by Crippen LogP contribution is 2.31. The summed E-state index contributed by atoms with van der Waals surface area (Å²) in [6.45, 7) is 5.82. The highest BCUT2D eigenvalue weighted by atomic mass is 32.2. The number of hydrogen-bond donors (Lipinski definition) is 1. The van der Waals surface area contributed by atoms with E-state index in [1.165, 1.54) is 4.88 Å². The Morgan fingerprint density at radius 1 is 1.56 bits per heavy atom. The number of rotatable bonds is 2. The molecule has 1 aliphatic rings. The maximum Gasteiger partial charge on any atom is 0.145 e. The van der Waals surface area contributed by atoms with E-state index in [1.54, 1.807) is 11.3 Å². The van der Waals surface area contributed by atoms with Gasteiger partial charge in [0, 0.05) is 16.4 Å². The molecular formula is C13H19NO2S2. The second-order valence-corrected chi connectivity index (χ2v) is 8.42. The molecule has 3 nitrogen and oxygen atoms in total. The monoisotopic (exact) mass is 285 g/mol. The van der Waals surface area contributed by atoms with Crippen LogP contribution in [0.15, 0.2) is 15.8 Å². The highest BCUT2D eigenvalue weighted by molar-refractivity contribution is 7.85. The van der Waals surface area contributed by atoms with E-state index in [-0.39, 0.29) is 17.3 Å². The second-order valence-electron chi connectivity index (χ2n) is 5.51. The molecule has 1 aromatic heterocycles. The fourth-order valence-electron chi connectivity index (χ4n) is 1.95. The Morgan fingerprint density at radius 2 is 2.28 bits per heavy atom. The van der Waals surface area contributed by atoms with Gasteiger partial charge in [0.1, 0.15) is 11.0 Å². The number of aliphatic hydroxyl groups excluding tert-OH is 1. The van der Waals surface area contributed by atoms with Crippen LogP contribution >= 0.6 is 11.3 Å². The van der Waals surface area contributed by atoms with Gasteiger partial charge in [-0.05, 0) is 45.1 Å². The van der Waals surface area contributed by atoms with Crippen molar-refractivity contribution >= 4 is 28.0 Å². The minimum absolute atomic E-state index is 0.0263. The Kier molecular flexibility index (Phi) is 4.04. The third-order valence-electron chi connectivity index (χ3n) is 3.05. The summed E-state index contributed by atoms with van der Waals surface area (Å²) in [5.41, 5.74) is 1.91. The second kappa shape index (κ2) is 5.23. The summed E-state index contributed by atoms with van der Waals surface area (Å²) in [4.78, 5) is 1.30. The minimum atomic E-state index is -1.27. The Labute approximate surface area is 115 Å². The van der Waals surface area contributed by atoms with Gasteiger partial charge in [-0.25, -0.2) is 4.21 Å². The molecule has 1 aromatic rings. The zero-order valence-corrected chi connectivity index (χ0v) is 12.6. The molecule has 2 atom stereocenters. The number of nitrogens with zero attached hydrogens (tertiary/aromatic N) is 1. The van der Waals surface area contributed by atoms with Crippen molar-refractivity contribution in [3.8, 4) is 0 Å². The molecule has 1 heterocycles. The van der Waals surface area contributed by atoms with E-state index >= 15 is 0 Å². The molecule has 0 aliphatic heterocycles. The van der Waals surface area contributed by atoms with Crippen LogP contribution in [0.3, 0.4) is 0 Å². The zero-order valence-electron chi connectivity index (χ0n) is 11.0. The molecule has 2 rings (SSSR count). The Bertz CT molecular complexity index is 485. The maximum absolute atomic E-state index is 12.2. The lowest BCUT2D eigenvalue weighted by Crippen LogP contribution is -2.28. The smallest absolute Gasteiger partial charge is 0.145 e. The van der Waals surface area contributed by atoms with E-state index in [4.69, 9.17) is 0 Å². The predicted octanol–water partition coefficient (Wildman–Crippen LogP) is 2.55. The largest absolute Gasteiger partial charge is 0.396 e. The van der Waals surface area contributed by atoms with Crippen LogP contribution in [-0.4, -0.2) is 26.4 Å². The summed E-state index contributed by atoms with van der Waals surface area (Å²) in [6, 6.07) is 2.03. The maximum atomic E-state index is 12.2. The molecule has 100 valence electrons. The molecule has 18 heavy (non-hydrogen) atoms. The molecule has 0 amide bonds.